The van der Waals surface area contributed by atoms with Crippen LogP contribution in [-0.4, -0.2) is 39.3 Å². The van der Waals surface area contributed by atoms with E-state index in [2.05, 4.69) is 6.92 Å². The SMILES string of the molecule is CCCCC[C@H](O)C=C[C@H]1C(=O)C[C@H](O)[C@@H]1CC=CCCCC(=O)O. The van der Waals surface area contributed by atoms with Gasteiger partial charge in [-0.2, -0.15) is 0 Å². The van der Waals surface area contributed by atoms with Gasteiger partial charge >= 0.3 is 5.97 Å². The molecule has 1 fully saturated rings. The van der Waals surface area contributed by atoms with Crippen LogP contribution in [-0.2, 0) is 9.59 Å². The standard InChI is InChI=1S/C20H32O5/c1-2-3-6-9-15(21)12-13-17-16(18(22)14-19(17)23)10-7-4-5-8-11-20(24)25/h4,7,12-13,15-18,21-22H,2-3,5-6,8-11,14H2,1H3,(H,24,25)/t15-,16+,17+,18-/m0/s1. The molecule has 0 amide bonds. The molecule has 0 aromatic heterocycles. The molecule has 5 heteroatoms. The van der Waals surface area contributed by atoms with Gasteiger partial charge in [-0.05, 0) is 25.7 Å². The van der Waals surface area contributed by atoms with Gasteiger partial charge in [0.2, 0.25) is 0 Å². The van der Waals surface area contributed by atoms with Crippen molar-refractivity contribution in [3.05, 3.63) is 24.3 Å². The van der Waals surface area contributed by atoms with Crippen molar-refractivity contribution in [1.29, 1.82) is 0 Å². The lowest BCUT2D eigenvalue weighted by atomic mass is 9.90. The molecule has 0 unspecified atom stereocenters. The Labute approximate surface area is 150 Å². The van der Waals surface area contributed by atoms with Crippen LogP contribution < -0.4 is 0 Å². The van der Waals surface area contributed by atoms with Crippen LogP contribution in [0.5, 0.6) is 0 Å². The van der Waals surface area contributed by atoms with Gasteiger partial charge in [0.1, 0.15) is 5.78 Å². The van der Waals surface area contributed by atoms with Crippen molar-refractivity contribution in [2.45, 2.75) is 76.9 Å². The highest BCUT2D eigenvalue weighted by Gasteiger charge is 2.39. The second-order valence-electron chi connectivity index (χ2n) is 6.87. The summed E-state index contributed by atoms with van der Waals surface area (Å²) in [6.07, 6.45) is 12.1. The number of carboxylic acid groups (broad SMARTS) is 1. The molecule has 1 saturated carbocycles. The summed E-state index contributed by atoms with van der Waals surface area (Å²) in [5.41, 5.74) is 0. The van der Waals surface area contributed by atoms with Crippen LogP contribution in [0.15, 0.2) is 24.3 Å². The number of unbranched alkanes of at least 4 members (excludes halogenated alkanes) is 3. The molecule has 5 nitrogen and oxygen atoms in total. The summed E-state index contributed by atoms with van der Waals surface area (Å²) in [4.78, 5) is 22.5. The Morgan fingerprint density at radius 3 is 2.72 bits per heavy atom. The first kappa shape index (κ1) is 21.6. The summed E-state index contributed by atoms with van der Waals surface area (Å²) in [7, 11) is 0. The lowest BCUT2D eigenvalue weighted by molar-refractivity contribution is -0.137. The zero-order chi connectivity index (χ0) is 18.7. The summed E-state index contributed by atoms with van der Waals surface area (Å²) < 4.78 is 0. The van der Waals surface area contributed by atoms with E-state index in [0.29, 0.717) is 25.7 Å². The summed E-state index contributed by atoms with van der Waals surface area (Å²) in [6, 6.07) is 0. The van der Waals surface area contributed by atoms with Gasteiger partial charge in [0.05, 0.1) is 12.2 Å². The first-order chi connectivity index (χ1) is 12.0. The van der Waals surface area contributed by atoms with E-state index in [9.17, 15) is 19.8 Å². The Morgan fingerprint density at radius 2 is 2.04 bits per heavy atom. The Bertz CT molecular complexity index is 469. The van der Waals surface area contributed by atoms with E-state index in [0.717, 1.165) is 19.3 Å². The smallest absolute Gasteiger partial charge is 0.303 e. The summed E-state index contributed by atoms with van der Waals surface area (Å²) in [5, 5.41) is 28.7. The van der Waals surface area contributed by atoms with Crippen LogP contribution in [0, 0.1) is 11.8 Å². The number of aliphatic hydroxyl groups excluding tert-OH is 2. The molecule has 0 spiro atoms. The quantitative estimate of drug-likeness (QED) is 0.370. The van der Waals surface area contributed by atoms with Gasteiger partial charge in [-0.15, -0.1) is 0 Å². The van der Waals surface area contributed by atoms with Crippen LogP contribution >= 0.6 is 0 Å². The van der Waals surface area contributed by atoms with E-state index in [1.165, 1.54) is 0 Å². The number of allylic oxidation sites excluding steroid dienone is 3. The second kappa shape index (κ2) is 12.0. The highest BCUT2D eigenvalue weighted by molar-refractivity contribution is 5.86. The Kier molecular flexibility index (Phi) is 10.3. The molecule has 25 heavy (non-hydrogen) atoms. The number of ketones is 1. The highest BCUT2D eigenvalue weighted by atomic mass is 16.4. The topological polar surface area (TPSA) is 94.8 Å². The number of carbonyl (C=O) groups is 2. The van der Waals surface area contributed by atoms with Crippen molar-refractivity contribution in [1.82, 2.24) is 0 Å². The molecule has 0 radical (unpaired) electrons. The molecule has 0 aromatic rings. The molecule has 0 bridgehead atoms. The minimum absolute atomic E-state index is 0.0220. The minimum atomic E-state index is -0.798. The molecule has 0 aliphatic heterocycles. The third-order valence-electron chi connectivity index (χ3n) is 4.72. The third kappa shape index (κ3) is 8.45. The molecule has 4 atom stereocenters. The molecular weight excluding hydrogens is 320 g/mol. The number of aliphatic hydroxyl groups is 2. The zero-order valence-electron chi connectivity index (χ0n) is 15.1. The lowest BCUT2D eigenvalue weighted by Gasteiger charge is -2.17. The molecular formula is C20H32O5. The summed E-state index contributed by atoms with van der Waals surface area (Å²) >= 11 is 0. The van der Waals surface area contributed by atoms with Crippen molar-refractivity contribution in [2.24, 2.45) is 11.8 Å². The van der Waals surface area contributed by atoms with Gasteiger partial charge in [-0.25, -0.2) is 0 Å². The molecule has 0 saturated heterocycles. The number of carbonyl (C=O) groups excluding carboxylic acids is 1. The zero-order valence-corrected chi connectivity index (χ0v) is 15.1. The molecule has 3 N–H and O–H groups in total. The first-order valence-electron chi connectivity index (χ1n) is 9.39. The number of aliphatic carboxylic acids is 1. The number of carboxylic acids is 1. The van der Waals surface area contributed by atoms with Crippen LogP contribution in [0.25, 0.3) is 0 Å². The number of rotatable bonds is 12. The maximum absolute atomic E-state index is 12.1. The Morgan fingerprint density at radius 1 is 1.28 bits per heavy atom. The van der Waals surface area contributed by atoms with Crippen molar-refractivity contribution < 1.29 is 24.9 Å². The predicted octanol–water partition coefficient (Wildman–Crippen LogP) is 3.25. The molecule has 0 aromatic carbocycles. The van der Waals surface area contributed by atoms with Crippen LogP contribution in [0.2, 0.25) is 0 Å². The van der Waals surface area contributed by atoms with Gasteiger partial charge in [-0.1, -0.05) is 50.5 Å². The fourth-order valence-electron chi connectivity index (χ4n) is 3.22. The van der Waals surface area contributed by atoms with E-state index in [-0.39, 0.29) is 30.5 Å². The maximum Gasteiger partial charge on any atom is 0.303 e. The molecule has 142 valence electrons. The third-order valence-corrected chi connectivity index (χ3v) is 4.72. The van der Waals surface area contributed by atoms with E-state index in [1.807, 2.05) is 12.2 Å². The van der Waals surface area contributed by atoms with Gasteiger partial charge in [0.15, 0.2) is 0 Å². The summed E-state index contributed by atoms with van der Waals surface area (Å²) in [5.74, 6) is -1.29. The van der Waals surface area contributed by atoms with Crippen LogP contribution in [0.3, 0.4) is 0 Å². The van der Waals surface area contributed by atoms with E-state index < -0.39 is 18.2 Å². The maximum atomic E-state index is 12.1. The monoisotopic (exact) mass is 352 g/mol. The van der Waals surface area contributed by atoms with Crippen molar-refractivity contribution in [3.8, 4) is 0 Å². The average Bonchev–Trinajstić information content (AvgIpc) is 2.82. The van der Waals surface area contributed by atoms with Crippen LogP contribution in [0.4, 0.5) is 0 Å². The normalized spacial score (nSPS) is 25.2. The van der Waals surface area contributed by atoms with Gasteiger partial charge in [0, 0.05) is 24.7 Å². The molecule has 1 rings (SSSR count). The van der Waals surface area contributed by atoms with Crippen molar-refractivity contribution in [2.75, 3.05) is 0 Å². The van der Waals surface area contributed by atoms with Gasteiger partial charge in [0.25, 0.3) is 0 Å². The van der Waals surface area contributed by atoms with Crippen molar-refractivity contribution >= 4 is 11.8 Å². The molecule has 1 aliphatic rings. The Balaban J connectivity index is 2.48. The van der Waals surface area contributed by atoms with Crippen LogP contribution in [0.1, 0.15) is 64.7 Å². The first-order valence-corrected chi connectivity index (χ1v) is 9.39. The minimum Gasteiger partial charge on any atom is -0.481 e. The largest absolute Gasteiger partial charge is 0.481 e. The fraction of sp³-hybridized carbons (Fsp3) is 0.700. The number of Topliss-reactive ketones (excluding diaryl/α,β-unsaturated/α-hetero) is 1. The molecule has 1 aliphatic carbocycles. The number of hydrogen-bond donors (Lipinski definition) is 3. The Hall–Kier alpha value is -1.46. The van der Waals surface area contributed by atoms with Gasteiger partial charge < -0.3 is 15.3 Å². The van der Waals surface area contributed by atoms with Crippen molar-refractivity contribution in [3.63, 3.8) is 0 Å². The van der Waals surface area contributed by atoms with E-state index >= 15 is 0 Å². The number of hydrogen-bond acceptors (Lipinski definition) is 4. The average molecular weight is 352 g/mol. The molecule has 0 heterocycles. The fourth-order valence-corrected chi connectivity index (χ4v) is 3.22. The lowest BCUT2D eigenvalue weighted by Crippen LogP contribution is -2.19. The van der Waals surface area contributed by atoms with Gasteiger partial charge in [-0.3, -0.25) is 9.59 Å². The summed E-state index contributed by atoms with van der Waals surface area (Å²) in [6.45, 7) is 2.11. The highest BCUT2D eigenvalue weighted by Crippen LogP contribution is 2.33. The van der Waals surface area contributed by atoms with E-state index in [1.54, 1.807) is 12.2 Å². The van der Waals surface area contributed by atoms with E-state index in [4.69, 9.17) is 5.11 Å². The predicted molar refractivity (Wildman–Crippen MR) is 97.1 cm³/mol. The second-order valence-corrected chi connectivity index (χ2v) is 6.87.